The van der Waals surface area contributed by atoms with Crippen LogP contribution in [0.5, 0.6) is 0 Å². The maximum absolute atomic E-state index is 11.0. The Morgan fingerprint density at radius 2 is 2.30 bits per heavy atom. The van der Waals surface area contributed by atoms with Gasteiger partial charge in [0.2, 0.25) is 0 Å². The molecule has 2 aliphatic carbocycles. The van der Waals surface area contributed by atoms with Crippen LogP contribution >= 0.6 is 0 Å². The molecule has 1 heterocycles. The third-order valence-electron chi connectivity index (χ3n) is 3.39. The molecule has 3 aliphatic rings. The third kappa shape index (κ3) is 0.386. The van der Waals surface area contributed by atoms with Crippen LogP contribution in [0.2, 0.25) is 0 Å². The van der Waals surface area contributed by atoms with Crippen LogP contribution in [-0.4, -0.2) is 12.1 Å². The van der Waals surface area contributed by atoms with Gasteiger partial charge in [-0.2, -0.15) is 0 Å². The third-order valence-corrected chi connectivity index (χ3v) is 3.39. The van der Waals surface area contributed by atoms with Crippen LogP contribution in [0.3, 0.4) is 0 Å². The Kier molecular flexibility index (Phi) is 0.715. The van der Waals surface area contributed by atoms with Crippen molar-refractivity contribution in [2.45, 2.75) is 25.4 Å². The molecule has 10 heavy (non-hydrogen) atoms. The standard InChI is InChI=1S/C8H10O2/c9-8-5-3-4-1-2-6(10-8)7(4)5/h4-7H,1-3H2/t4-,5+,6-,7-/m0/s1. The predicted octanol–water partition coefficient (Wildman–Crippen LogP) is 0.958. The van der Waals surface area contributed by atoms with E-state index < -0.39 is 0 Å². The monoisotopic (exact) mass is 138 g/mol. The van der Waals surface area contributed by atoms with Gasteiger partial charge in [0.05, 0.1) is 5.92 Å². The second-order valence-electron chi connectivity index (χ2n) is 3.73. The van der Waals surface area contributed by atoms with E-state index in [4.69, 9.17) is 4.74 Å². The first kappa shape index (κ1) is 5.16. The van der Waals surface area contributed by atoms with Crippen molar-refractivity contribution >= 4 is 5.97 Å². The van der Waals surface area contributed by atoms with Gasteiger partial charge in [-0.1, -0.05) is 0 Å². The Balaban J connectivity index is 1.98. The molecule has 2 saturated carbocycles. The fourth-order valence-corrected chi connectivity index (χ4v) is 2.84. The summed E-state index contributed by atoms with van der Waals surface area (Å²) in [5.41, 5.74) is 0. The number of hydrogen-bond acceptors (Lipinski definition) is 2. The minimum Gasteiger partial charge on any atom is -0.462 e. The molecule has 0 N–H and O–H groups in total. The predicted molar refractivity (Wildman–Crippen MR) is 34.2 cm³/mol. The summed E-state index contributed by atoms with van der Waals surface area (Å²) >= 11 is 0. The molecule has 0 aromatic carbocycles. The van der Waals surface area contributed by atoms with Gasteiger partial charge >= 0.3 is 5.97 Å². The van der Waals surface area contributed by atoms with E-state index in [9.17, 15) is 4.79 Å². The number of carbonyl (C=O) groups is 1. The average molecular weight is 138 g/mol. The molecule has 2 nitrogen and oxygen atoms in total. The number of rotatable bonds is 0. The lowest BCUT2D eigenvalue weighted by molar-refractivity contribution is -0.145. The first-order valence-corrected chi connectivity index (χ1v) is 4.07. The normalized spacial score (nSPS) is 55.8. The Bertz CT molecular complexity index is 199. The molecule has 1 aliphatic heterocycles. The van der Waals surface area contributed by atoms with Crippen molar-refractivity contribution in [3.05, 3.63) is 0 Å². The second kappa shape index (κ2) is 1.39. The maximum Gasteiger partial charge on any atom is 0.309 e. The quantitative estimate of drug-likeness (QED) is 0.466. The summed E-state index contributed by atoms with van der Waals surface area (Å²) in [4.78, 5) is 11.0. The van der Waals surface area contributed by atoms with E-state index in [-0.39, 0.29) is 5.97 Å². The van der Waals surface area contributed by atoms with Gasteiger partial charge in [-0.15, -0.1) is 0 Å². The van der Waals surface area contributed by atoms with Crippen LogP contribution in [0.15, 0.2) is 0 Å². The van der Waals surface area contributed by atoms with E-state index in [0.29, 0.717) is 17.9 Å². The zero-order valence-corrected chi connectivity index (χ0v) is 5.75. The Morgan fingerprint density at radius 3 is 3.10 bits per heavy atom. The van der Waals surface area contributed by atoms with Crippen molar-refractivity contribution in [1.82, 2.24) is 0 Å². The highest BCUT2D eigenvalue weighted by molar-refractivity contribution is 5.77. The van der Waals surface area contributed by atoms with Gasteiger partial charge in [0.15, 0.2) is 0 Å². The minimum absolute atomic E-state index is 0.0888. The molecule has 0 aromatic heterocycles. The molecule has 3 fully saturated rings. The molecule has 0 unspecified atom stereocenters. The van der Waals surface area contributed by atoms with Gasteiger partial charge < -0.3 is 4.74 Å². The van der Waals surface area contributed by atoms with Crippen molar-refractivity contribution in [1.29, 1.82) is 0 Å². The van der Waals surface area contributed by atoms with Crippen LogP contribution in [-0.2, 0) is 9.53 Å². The van der Waals surface area contributed by atoms with Crippen LogP contribution in [0.25, 0.3) is 0 Å². The minimum atomic E-state index is 0.0888. The van der Waals surface area contributed by atoms with Crippen LogP contribution in [0, 0.1) is 17.8 Å². The first-order chi connectivity index (χ1) is 4.86. The van der Waals surface area contributed by atoms with Crippen molar-refractivity contribution in [2.75, 3.05) is 0 Å². The number of ether oxygens (including phenoxy) is 1. The van der Waals surface area contributed by atoms with Crippen molar-refractivity contribution in [2.24, 2.45) is 17.8 Å². The summed E-state index contributed by atoms with van der Waals surface area (Å²) < 4.78 is 5.20. The molecule has 0 radical (unpaired) electrons. The molecule has 3 rings (SSSR count). The summed E-state index contributed by atoms with van der Waals surface area (Å²) in [5, 5.41) is 0. The van der Waals surface area contributed by atoms with Gasteiger partial charge in [0.25, 0.3) is 0 Å². The summed E-state index contributed by atoms with van der Waals surface area (Å²) in [6, 6.07) is 0. The highest BCUT2D eigenvalue weighted by Crippen LogP contribution is 2.56. The molecule has 54 valence electrons. The van der Waals surface area contributed by atoms with E-state index in [0.717, 1.165) is 18.8 Å². The fraction of sp³-hybridized carbons (Fsp3) is 0.875. The number of esters is 1. The first-order valence-electron chi connectivity index (χ1n) is 4.07. The zero-order chi connectivity index (χ0) is 6.72. The summed E-state index contributed by atoms with van der Waals surface area (Å²) in [6.07, 6.45) is 3.90. The average Bonchev–Trinajstić information content (AvgIpc) is 2.14. The molecule has 0 aromatic rings. The molecule has 0 spiro atoms. The molecule has 2 heteroatoms. The van der Waals surface area contributed by atoms with Crippen molar-refractivity contribution in [3.63, 3.8) is 0 Å². The van der Waals surface area contributed by atoms with Gasteiger partial charge in [-0.3, -0.25) is 4.79 Å². The number of hydrogen-bond donors (Lipinski definition) is 0. The van der Waals surface area contributed by atoms with Crippen LogP contribution < -0.4 is 0 Å². The van der Waals surface area contributed by atoms with E-state index in [1.165, 1.54) is 6.42 Å². The highest BCUT2D eigenvalue weighted by Gasteiger charge is 2.59. The number of carbonyl (C=O) groups excluding carboxylic acids is 1. The highest BCUT2D eigenvalue weighted by atomic mass is 16.6. The molecular formula is C8H10O2. The summed E-state index contributed by atoms with van der Waals surface area (Å²) in [7, 11) is 0. The SMILES string of the molecule is O=C1O[C@H]2CC[C@H]3C[C@@H]1[C@H]32. The zero-order valence-electron chi connectivity index (χ0n) is 5.75. The smallest absolute Gasteiger partial charge is 0.309 e. The molecule has 0 amide bonds. The van der Waals surface area contributed by atoms with Gasteiger partial charge in [0, 0.05) is 5.92 Å². The summed E-state index contributed by atoms with van der Waals surface area (Å²) in [6.45, 7) is 0. The van der Waals surface area contributed by atoms with E-state index in [2.05, 4.69) is 0 Å². The van der Waals surface area contributed by atoms with Crippen LogP contribution in [0.1, 0.15) is 19.3 Å². The van der Waals surface area contributed by atoms with Crippen LogP contribution in [0.4, 0.5) is 0 Å². The molecule has 4 atom stereocenters. The summed E-state index contributed by atoms with van der Waals surface area (Å²) in [5.74, 6) is 1.90. The largest absolute Gasteiger partial charge is 0.462 e. The van der Waals surface area contributed by atoms with Crippen molar-refractivity contribution in [3.8, 4) is 0 Å². The Labute approximate surface area is 59.6 Å². The van der Waals surface area contributed by atoms with E-state index in [1.807, 2.05) is 0 Å². The molecule has 1 saturated heterocycles. The maximum atomic E-state index is 11.0. The van der Waals surface area contributed by atoms with E-state index in [1.54, 1.807) is 0 Å². The van der Waals surface area contributed by atoms with Crippen molar-refractivity contribution < 1.29 is 9.53 Å². The topological polar surface area (TPSA) is 26.3 Å². The van der Waals surface area contributed by atoms with Gasteiger partial charge in [-0.05, 0) is 25.2 Å². The lowest BCUT2D eigenvalue weighted by Crippen LogP contribution is -2.35. The molecular weight excluding hydrogens is 128 g/mol. The van der Waals surface area contributed by atoms with E-state index >= 15 is 0 Å². The van der Waals surface area contributed by atoms with Gasteiger partial charge in [0.1, 0.15) is 6.10 Å². The fourth-order valence-electron chi connectivity index (χ4n) is 2.84. The lowest BCUT2D eigenvalue weighted by Gasteiger charge is -2.32. The Morgan fingerprint density at radius 1 is 1.40 bits per heavy atom. The Hall–Kier alpha value is -0.530. The lowest BCUT2D eigenvalue weighted by atomic mass is 9.67. The molecule has 0 bridgehead atoms. The second-order valence-corrected chi connectivity index (χ2v) is 3.73. The van der Waals surface area contributed by atoms with Gasteiger partial charge in [-0.25, -0.2) is 0 Å².